The van der Waals surface area contributed by atoms with Gasteiger partial charge in [-0.25, -0.2) is 0 Å². The number of fused-ring (bicyclic) bond motifs is 1. The summed E-state index contributed by atoms with van der Waals surface area (Å²) in [6.45, 7) is 8.10. The van der Waals surface area contributed by atoms with Crippen molar-refractivity contribution in [3.8, 4) is 0 Å². The van der Waals surface area contributed by atoms with Crippen LogP contribution in [-0.4, -0.2) is 6.54 Å². The molecule has 0 aromatic carbocycles. The monoisotopic (exact) mass is 167 g/mol. The maximum atomic E-state index is 5.72. The highest BCUT2D eigenvalue weighted by Crippen LogP contribution is 2.71. The third kappa shape index (κ3) is 0.783. The van der Waals surface area contributed by atoms with Crippen LogP contribution in [0.15, 0.2) is 0 Å². The van der Waals surface area contributed by atoms with Crippen LogP contribution in [0.3, 0.4) is 0 Å². The standard InChI is InChI=1S/C11H21N/c1-10(2,3)11-5-4-9(11)8(6-11)7-12/h8-9H,4-7,12H2,1-3H3. The van der Waals surface area contributed by atoms with Crippen molar-refractivity contribution < 1.29 is 0 Å². The van der Waals surface area contributed by atoms with Crippen molar-refractivity contribution in [1.82, 2.24) is 0 Å². The quantitative estimate of drug-likeness (QED) is 0.637. The second kappa shape index (κ2) is 2.25. The maximum Gasteiger partial charge on any atom is -0.00458 e. The zero-order chi connectivity index (χ0) is 8.98. The molecule has 2 aliphatic rings. The second-order valence-corrected chi connectivity index (χ2v) is 5.75. The molecule has 0 radical (unpaired) electrons. The molecule has 2 fully saturated rings. The van der Waals surface area contributed by atoms with E-state index in [0.29, 0.717) is 10.8 Å². The summed E-state index contributed by atoms with van der Waals surface area (Å²) in [6, 6.07) is 0. The first-order valence-corrected chi connectivity index (χ1v) is 5.21. The van der Waals surface area contributed by atoms with Crippen LogP contribution < -0.4 is 5.73 Å². The first kappa shape index (κ1) is 8.55. The fraction of sp³-hybridized carbons (Fsp3) is 1.00. The molecule has 0 aromatic heterocycles. The zero-order valence-electron chi connectivity index (χ0n) is 8.56. The van der Waals surface area contributed by atoms with Gasteiger partial charge in [-0.05, 0) is 48.5 Å². The van der Waals surface area contributed by atoms with Crippen LogP contribution in [0.1, 0.15) is 40.0 Å². The molecule has 0 heterocycles. The van der Waals surface area contributed by atoms with Gasteiger partial charge in [-0.3, -0.25) is 0 Å². The molecule has 2 rings (SSSR count). The highest BCUT2D eigenvalue weighted by atomic mass is 14.7. The number of rotatable bonds is 1. The van der Waals surface area contributed by atoms with E-state index >= 15 is 0 Å². The van der Waals surface area contributed by atoms with E-state index in [2.05, 4.69) is 20.8 Å². The predicted octanol–water partition coefficient (Wildman–Crippen LogP) is 2.41. The third-order valence-corrected chi connectivity index (χ3v) is 4.60. The first-order valence-electron chi connectivity index (χ1n) is 5.21. The Morgan fingerprint density at radius 2 is 2.08 bits per heavy atom. The average Bonchev–Trinajstić information content (AvgIpc) is 1.91. The van der Waals surface area contributed by atoms with Gasteiger partial charge < -0.3 is 5.73 Å². The Bertz CT molecular complexity index is 192. The second-order valence-electron chi connectivity index (χ2n) is 5.75. The number of nitrogens with two attached hydrogens (primary N) is 1. The molecule has 0 aromatic rings. The minimum Gasteiger partial charge on any atom is -0.330 e. The van der Waals surface area contributed by atoms with Crippen molar-refractivity contribution in [1.29, 1.82) is 0 Å². The lowest BCUT2D eigenvalue weighted by Crippen LogP contribution is -2.63. The van der Waals surface area contributed by atoms with Gasteiger partial charge in [0.15, 0.2) is 0 Å². The summed E-state index contributed by atoms with van der Waals surface area (Å²) in [5, 5.41) is 0. The van der Waals surface area contributed by atoms with Crippen molar-refractivity contribution in [3.63, 3.8) is 0 Å². The molecule has 2 saturated carbocycles. The van der Waals surface area contributed by atoms with E-state index < -0.39 is 0 Å². The summed E-state index contributed by atoms with van der Waals surface area (Å²) in [4.78, 5) is 0. The van der Waals surface area contributed by atoms with Crippen LogP contribution in [0.25, 0.3) is 0 Å². The summed E-state index contributed by atoms with van der Waals surface area (Å²) >= 11 is 0. The Morgan fingerprint density at radius 3 is 2.33 bits per heavy atom. The summed E-state index contributed by atoms with van der Waals surface area (Å²) < 4.78 is 0. The van der Waals surface area contributed by atoms with Gasteiger partial charge in [0, 0.05) is 0 Å². The predicted molar refractivity (Wildman–Crippen MR) is 51.8 cm³/mol. The fourth-order valence-electron chi connectivity index (χ4n) is 3.53. The summed E-state index contributed by atoms with van der Waals surface area (Å²) in [5.74, 6) is 1.83. The Hall–Kier alpha value is -0.0400. The van der Waals surface area contributed by atoms with E-state index in [0.717, 1.165) is 18.4 Å². The normalized spacial score (nSPS) is 46.0. The lowest BCUT2D eigenvalue weighted by molar-refractivity contribution is -0.198. The molecule has 2 N–H and O–H groups in total. The molecular weight excluding hydrogens is 146 g/mol. The molecule has 1 heteroatoms. The minimum absolute atomic E-state index is 0.515. The average molecular weight is 167 g/mol. The molecule has 2 aliphatic carbocycles. The Balaban J connectivity index is 2.09. The van der Waals surface area contributed by atoms with Crippen LogP contribution in [0, 0.1) is 22.7 Å². The first-order chi connectivity index (χ1) is 5.51. The highest BCUT2D eigenvalue weighted by molar-refractivity contribution is 5.13. The summed E-state index contributed by atoms with van der Waals surface area (Å²) in [6.07, 6.45) is 4.30. The van der Waals surface area contributed by atoms with Crippen LogP contribution in [-0.2, 0) is 0 Å². The molecule has 0 amide bonds. The van der Waals surface area contributed by atoms with E-state index in [4.69, 9.17) is 5.73 Å². The largest absolute Gasteiger partial charge is 0.330 e. The molecule has 12 heavy (non-hydrogen) atoms. The molecule has 0 bridgehead atoms. The summed E-state index contributed by atoms with van der Waals surface area (Å²) in [7, 11) is 0. The van der Waals surface area contributed by atoms with Gasteiger partial charge in [-0.1, -0.05) is 20.8 Å². The number of hydrogen-bond donors (Lipinski definition) is 1. The smallest absolute Gasteiger partial charge is 0.00458 e. The van der Waals surface area contributed by atoms with Gasteiger partial charge in [0.25, 0.3) is 0 Å². The van der Waals surface area contributed by atoms with Crippen molar-refractivity contribution >= 4 is 0 Å². The van der Waals surface area contributed by atoms with E-state index in [1.165, 1.54) is 19.3 Å². The van der Waals surface area contributed by atoms with Gasteiger partial charge in [0.05, 0.1) is 0 Å². The molecule has 0 spiro atoms. The Kier molecular flexibility index (Phi) is 1.61. The van der Waals surface area contributed by atoms with E-state index in [-0.39, 0.29) is 0 Å². The molecule has 1 nitrogen and oxygen atoms in total. The minimum atomic E-state index is 0.515. The van der Waals surface area contributed by atoms with E-state index in [9.17, 15) is 0 Å². The lowest BCUT2D eigenvalue weighted by Gasteiger charge is -2.69. The topological polar surface area (TPSA) is 26.0 Å². The van der Waals surface area contributed by atoms with Crippen LogP contribution in [0.4, 0.5) is 0 Å². The molecule has 70 valence electrons. The van der Waals surface area contributed by atoms with Gasteiger partial charge in [-0.2, -0.15) is 0 Å². The third-order valence-electron chi connectivity index (χ3n) is 4.60. The Morgan fingerprint density at radius 1 is 1.42 bits per heavy atom. The Labute approximate surface area is 75.7 Å². The van der Waals surface area contributed by atoms with Crippen LogP contribution in [0.5, 0.6) is 0 Å². The number of hydrogen-bond acceptors (Lipinski definition) is 1. The van der Waals surface area contributed by atoms with E-state index in [1.54, 1.807) is 0 Å². The van der Waals surface area contributed by atoms with Crippen molar-refractivity contribution in [2.24, 2.45) is 28.4 Å². The van der Waals surface area contributed by atoms with Crippen LogP contribution >= 0.6 is 0 Å². The zero-order valence-corrected chi connectivity index (χ0v) is 8.56. The van der Waals surface area contributed by atoms with Gasteiger partial charge in [0.2, 0.25) is 0 Å². The summed E-state index contributed by atoms with van der Waals surface area (Å²) in [5.41, 5.74) is 6.93. The highest BCUT2D eigenvalue weighted by Gasteiger charge is 2.63. The maximum absolute atomic E-state index is 5.72. The molecule has 0 aliphatic heterocycles. The van der Waals surface area contributed by atoms with Gasteiger partial charge >= 0.3 is 0 Å². The van der Waals surface area contributed by atoms with Gasteiger partial charge in [-0.15, -0.1) is 0 Å². The van der Waals surface area contributed by atoms with Crippen molar-refractivity contribution in [3.05, 3.63) is 0 Å². The molecule has 3 unspecified atom stereocenters. The van der Waals surface area contributed by atoms with Gasteiger partial charge in [0.1, 0.15) is 0 Å². The van der Waals surface area contributed by atoms with Crippen LogP contribution in [0.2, 0.25) is 0 Å². The molecule has 3 atom stereocenters. The molecular formula is C11H21N. The molecule has 0 saturated heterocycles. The SMILES string of the molecule is CC(C)(C)C12CCC1C(CN)C2. The van der Waals surface area contributed by atoms with Crippen molar-refractivity contribution in [2.75, 3.05) is 6.54 Å². The van der Waals surface area contributed by atoms with E-state index in [1.807, 2.05) is 0 Å². The lowest BCUT2D eigenvalue weighted by atomic mass is 9.36. The van der Waals surface area contributed by atoms with Crippen molar-refractivity contribution in [2.45, 2.75) is 40.0 Å². The fourth-order valence-corrected chi connectivity index (χ4v) is 3.53.